The van der Waals surface area contributed by atoms with Gasteiger partial charge in [-0.2, -0.15) is 0 Å². The summed E-state index contributed by atoms with van der Waals surface area (Å²) in [5.41, 5.74) is 1.90. The second-order valence-corrected chi connectivity index (χ2v) is 9.56. The lowest BCUT2D eigenvalue weighted by molar-refractivity contribution is -0.131. The third kappa shape index (κ3) is 4.77. The van der Waals surface area contributed by atoms with Crippen LogP contribution in [0.3, 0.4) is 0 Å². The van der Waals surface area contributed by atoms with Crippen LogP contribution < -0.4 is 5.32 Å². The molecule has 0 spiro atoms. The van der Waals surface area contributed by atoms with Crippen LogP contribution in [0.4, 0.5) is 4.39 Å². The summed E-state index contributed by atoms with van der Waals surface area (Å²) in [7, 11) is 0. The fourth-order valence-corrected chi connectivity index (χ4v) is 5.42. The number of nitrogens with zero attached hydrogens (tertiary/aromatic N) is 1. The highest BCUT2D eigenvalue weighted by Gasteiger charge is 2.38. The fourth-order valence-electron chi connectivity index (χ4n) is 5.42. The molecule has 2 aliphatic rings. The molecule has 4 nitrogen and oxygen atoms in total. The summed E-state index contributed by atoms with van der Waals surface area (Å²) < 4.78 is 13.2. The summed E-state index contributed by atoms with van der Waals surface area (Å²) in [6, 6.07) is 21.3. The van der Waals surface area contributed by atoms with E-state index < -0.39 is 0 Å². The second-order valence-electron chi connectivity index (χ2n) is 9.56. The predicted molar refractivity (Wildman–Crippen MR) is 127 cm³/mol. The van der Waals surface area contributed by atoms with Gasteiger partial charge < -0.3 is 10.2 Å². The van der Waals surface area contributed by atoms with Gasteiger partial charge in [-0.05, 0) is 59.7 Å². The Balaban J connectivity index is 1.24. The molecule has 0 saturated carbocycles. The molecule has 0 unspecified atom stereocenters. The second kappa shape index (κ2) is 8.97. The number of rotatable bonds is 6. The molecule has 3 aromatic carbocycles. The molecule has 0 aliphatic carbocycles. The molecule has 0 radical (unpaired) electrons. The van der Waals surface area contributed by atoms with Crippen LogP contribution >= 0.6 is 0 Å². The Hall–Kier alpha value is -3.21. The van der Waals surface area contributed by atoms with Crippen molar-refractivity contribution in [1.29, 1.82) is 0 Å². The monoisotopic (exact) mass is 444 g/mol. The summed E-state index contributed by atoms with van der Waals surface area (Å²) in [5, 5.41) is 5.59. The maximum absolute atomic E-state index is 13.2. The lowest BCUT2D eigenvalue weighted by atomic mass is 9.84. The first-order valence-corrected chi connectivity index (χ1v) is 11.8. The molecule has 1 N–H and O–H groups in total. The maximum Gasteiger partial charge on any atom is 0.222 e. The Morgan fingerprint density at radius 2 is 1.85 bits per heavy atom. The quantitative estimate of drug-likeness (QED) is 0.584. The molecular weight excluding hydrogens is 415 g/mol. The van der Waals surface area contributed by atoms with Crippen molar-refractivity contribution in [1.82, 2.24) is 10.2 Å². The number of nitrogens with one attached hydrogen (secondary N) is 1. The highest BCUT2D eigenvalue weighted by Crippen LogP contribution is 2.32. The molecular formula is C28H29FN2O2. The molecule has 2 aliphatic heterocycles. The van der Waals surface area contributed by atoms with Gasteiger partial charge in [0.1, 0.15) is 5.82 Å². The summed E-state index contributed by atoms with van der Waals surface area (Å²) >= 11 is 0. The Labute approximate surface area is 193 Å². The maximum atomic E-state index is 13.2. The van der Waals surface area contributed by atoms with Gasteiger partial charge in [0, 0.05) is 37.4 Å². The molecule has 5 heteroatoms. The van der Waals surface area contributed by atoms with E-state index in [4.69, 9.17) is 0 Å². The van der Waals surface area contributed by atoms with Gasteiger partial charge in [-0.1, -0.05) is 54.6 Å². The van der Waals surface area contributed by atoms with Crippen molar-refractivity contribution in [3.8, 4) is 0 Å². The van der Waals surface area contributed by atoms with Gasteiger partial charge in [-0.15, -0.1) is 0 Å². The fraction of sp³-hybridized carbons (Fsp3) is 0.357. The molecule has 2 heterocycles. The van der Waals surface area contributed by atoms with E-state index in [1.807, 2.05) is 29.2 Å². The minimum absolute atomic E-state index is 0.0702. The van der Waals surface area contributed by atoms with Crippen molar-refractivity contribution in [2.45, 2.75) is 50.0 Å². The van der Waals surface area contributed by atoms with E-state index in [9.17, 15) is 14.0 Å². The first kappa shape index (κ1) is 21.6. The van der Waals surface area contributed by atoms with Crippen molar-refractivity contribution in [2.24, 2.45) is 0 Å². The van der Waals surface area contributed by atoms with Crippen molar-refractivity contribution in [2.75, 3.05) is 13.1 Å². The average molecular weight is 445 g/mol. The number of carbonyl (C=O) groups is 2. The van der Waals surface area contributed by atoms with Crippen LogP contribution in [0.2, 0.25) is 0 Å². The molecule has 33 heavy (non-hydrogen) atoms. The topological polar surface area (TPSA) is 49.4 Å². The molecule has 0 bridgehead atoms. The van der Waals surface area contributed by atoms with Gasteiger partial charge >= 0.3 is 0 Å². The summed E-state index contributed by atoms with van der Waals surface area (Å²) in [5.74, 6) is 0.228. The van der Waals surface area contributed by atoms with Crippen LogP contribution in [-0.2, 0) is 16.0 Å². The summed E-state index contributed by atoms with van der Waals surface area (Å²) in [6.45, 7) is 1.40. The molecule has 2 atom stereocenters. The van der Waals surface area contributed by atoms with Crippen LogP contribution in [0.5, 0.6) is 0 Å². The van der Waals surface area contributed by atoms with Gasteiger partial charge in [0.05, 0.1) is 0 Å². The predicted octanol–water partition coefficient (Wildman–Crippen LogP) is 4.97. The Bertz CT molecular complexity index is 1180. The van der Waals surface area contributed by atoms with E-state index in [0.29, 0.717) is 25.8 Å². The standard InChI is InChI=1S/C28H29FN2O2/c29-25-9-7-22(8-10-25)24-13-16-31(19-24)27(33)12-15-28(14-11-26(32)30-28)18-20-5-6-21-3-1-2-4-23(21)17-20/h1-10,17,24H,11-16,18-19H2,(H,30,32)/t24-,28+/m1/s1. The molecule has 3 aromatic rings. The molecule has 2 saturated heterocycles. The minimum atomic E-state index is -0.370. The largest absolute Gasteiger partial charge is 0.350 e. The number of hydrogen-bond donors (Lipinski definition) is 1. The van der Waals surface area contributed by atoms with Gasteiger partial charge in [-0.3, -0.25) is 9.59 Å². The number of halogens is 1. The van der Waals surface area contributed by atoms with Crippen LogP contribution in [0, 0.1) is 5.82 Å². The van der Waals surface area contributed by atoms with Crippen molar-refractivity contribution in [3.63, 3.8) is 0 Å². The number of likely N-dealkylation sites (tertiary alicyclic amines) is 1. The number of benzene rings is 3. The minimum Gasteiger partial charge on any atom is -0.350 e. The summed E-state index contributed by atoms with van der Waals surface area (Å²) in [4.78, 5) is 27.1. The zero-order valence-electron chi connectivity index (χ0n) is 18.7. The zero-order valence-corrected chi connectivity index (χ0v) is 18.7. The van der Waals surface area contributed by atoms with E-state index in [0.717, 1.165) is 31.4 Å². The molecule has 5 rings (SSSR count). The highest BCUT2D eigenvalue weighted by atomic mass is 19.1. The SMILES string of the molecule is O=C1CC[C@](CCC(=O)N2CC[C@@H](c3ccc(F)cc3)C2)(Cc2ccc3ccccc3c2)N1. The smallest absolute Gasteiger partial charge is 0.222 e. The van der Waals surface area contributed by atoms with Crippen LogP contribution in [0.15, 0.2) is 66.7 Å². The van der Waals surface area contributed by atoms with E-state index in [2.05, 4.69) is 35.6 Å². The van der Waals surface area contributed by atoms with Gasteiger partial charge in [-0.25, -0.2) is 4.39 Å². The molecule has 170 valence electrons. The van der Waals surface area contributed by atoms with E-state index in [1.165, 1.54) is 28.5 Å². The Kier molecular flexibility index (Phi) is 5.88. The number of hydrogen-bond acceptors (Lipinski definition) is 2. The van der Waals surface area contributed by atoms with Crippen LogP contribution in [0.25, 0.3) is 10.8 Å². The van der Waals surface area contributed by atoms with Gasteiger partial charge in [0.25, 0.3) is 0 Å². The lowest BCUT2D eigenvalue weighted by Crippen LogP contribution is -2.44. The van der Waals surface area contributed by atoms with Crippen LogP contribution in [0.1, 0.15) is 49.1 Å². The average Bonchev–Trinajstić information content (AvgIpc) is 3.46. The van der Waals surface area contributed by atoms with Crippen molar-refractivity contribution >= 4 is 22.6 Å². The number of fused-ring (bicyclic) bond motifs is 1. The van der Waals surface area contributed by atoms with Crippen molar-refractivity contribution < 1.29 is 14.0 Å². The third-order valence-electron chi connectivity index (χ3n) is 7.29. The van der Waals surface area contributed by atoms with E-state index in [-0.39, 0.29) is 29.1 Å². The molecule has 0 aromatic heterocycles. The van der Waals surface area contributed by atoms with Gasteiger partial charge in [0.2, 0.25) is 11.8 Å². The summed E-state index contributed by atoms with van der Waals surface area (Å²) in [6.07, 6.45) is 3.96. The third-order valence-corrected chi connectivity index (χ3v) is 7.29. The first-order valence-electron chi connectivity index (χ1n) is 11.8. The Morgan fingerprint density at radius 3 is 2.61 bits per heavy atom. The Morgan fingerprint density at radius 1 is 1.06 bits per heavy atom. The number of amides is 2. The lowest BCUT2D eigenvalue weighted by Gasteiger charge is -2.30. The van der Waals surface area contributed by atoms with E-state index >= 15 is 0 Å². The first-order chi connectivity index (χ1) is 16.0. The van der Waals surface area contributed by atoms with Gasteiger partial charge in [0.15, 0.2) is 0 Å². The highest BCUT2D eigenvalue weighted by molar-refractivity contribution is 5.83. The van der Waals surface area contributed by atoms with Crippen LogP contribution in [-0.4, -0.2) is 35.3 Å². The molecule has 2 fully saturated rings. The van der Waals surface area contributed by atoms with Crippen molar-refractivity contribution in [3.05, 3.63) is 83.7 Å². The number of carbonyl (C=O) groups excluding carboxylic acids is 2. The van der Waals surface area contributed by atoms with E-state index in [1.54, 1.807) is 0 Å². The normalized spacial score (nSPS) is 22.6. The molecule has 2 amide bonds. The zero-order chi connectivity index (χ0) is 22.8.